The molecule has 0 saturated heterocycles. The SMILES string of the molecule is CCCCC(c1ccccc1)(c1ccccc1)[c-]1cc(C)cc1C.[Cl-].[Cl-].[Cl-].[Ti+4]. The van der Waals surface area contributed by atoms with E-state index in [1.165, 1.54) is 40.7 Å². The van der Waals surface area contributed by atoms with Crippen molar-refractivity contribution in [3.8, 4) is 0 Å². The van der Waals surface area contributed by atoms with Crippen LogP contribution < -0.4 is 37.2 Å². The van der Waals surface area contributed by atoms with E-state index >= 15 is 0 Å². The first kappa shape index (κ1) is 29.6. The van der Waals surface area contributed by atoms with Crippen molar-refractivity contribution in [3.05, 3.63) is 101 Å². The number of hydrogen-bond donors (Lipinski definition) is 0. The van der Waals surface area contributed by atoms with Gasteiger partial charge in [-0.2, -0.15) is 11.6 Å². The van der Waals surface area contributed by atoms with E-state index in [-0.39, 0.29) is 64.4 Å². The zero-order chi connectivity index (χ0) is 17.0. The van der Waals surface area contributed by atoms with Crippen molar-refractivity contribution in [2.75, 3.05) is 0 Å². The third-order valence-electron chi connectivity index (χ3n) is 5.14. The van der Waals surface area contributed by atoms with E-state index in [1.807, 2.05) is 0 Å². The van der Waals surface area contributed by atoms with Crippen LogP contribution in [0.1, 0.15) is 54.0 Å². The third kappa shape index (κ3) is 5.94. The molecular weight excluding hydrogens is 442 g/mol. The van der Waals surface area contributed by atoms with E-state index in [4.69, 9.17) is 0 Å². The minimum absolute atomic E-state index is 0. The molecule has 3 aromatic carbocycles. The number of rotatable bonds is 6. The zero-order valence-electron chi connectivity index (χ0n) is 16.7. The fraction of sp³-hybridized carbons (Fsp3) is 0.292. The molecule has 0 radical (unpaired) electrons. The molecule has 3 rings (SSSR count). The maximum absolute atomic E-state index is 2.39. The normalized spacial score (nSPS) is 9.96. The van der Waals surface area contributed by atoms with E-state index in [2.05, 4.69) is 93.6 Å². The summed E-state index contributed by atoms with van der Waals surface area (Å²) in [5.41, 5.74) is 6.96. The van der Waals surface area contributed by atoms with Gasteiger partial charge in [-0.05, 0) is 17.5 Å². The Morgan fingerprint density at radius 1 is 0.786 bits per heavy atom. The minimum Gasteiger partial charge on any atom is -1.00 e. The molecule has 0 nitrogen and oxygen atoms in total. The van der Waals surface area contributed by atoms with Crippen LogP contribution >= 0.6 is 0 Å². The van der Waals surface area contributed by atoms with E-state index in [0.717, 1.165) is 6.42 Å². The summed E-state index contributed by atoms with van der Waals surface area (Å²) in [5, 5.41) is 0. The molecule has 0 unspecified atom stereocenters. The fourth-order valence-corrected chi connectivity index (χ4v) is 4.05. The summed E-state index contributed by atoms with van der Waals surface area (Å²) in [6, 6.07) is 26.8. The predicted molar refractivity (Wildman–Crippen MR) is 104 cm³/mol. The van der Waals surface area contributed by atoms with Crippen LogP contribution in [0.25, 0.3) is 0 Å². The van der Waals surface area contributed by atoms with Crippen LogP contribution in [0.2, 0.25) is 0 Å². The van der Waals surface area contributed by atoms with Gasteiger partial charge in [-0.1, -0.05) is 94.3 Å². The van der Waals surface area contributed by atoms with Gasteiger partial charge in [0.2, 0.25) is 0 Å². The largest absolute Gasteiger partial charge is 4.00 e. The first-order valence-corrected chi connectivity index (χ1v) is 9.04. The van der Waals surface area contributed by atoms with Gasteiger partial charge in [0.05, 0.1) is 0 Å². The zero-order valence-corrected chi connectivity index (χ0v) is 20.5. The van der Waals surface area contributed by atoms with Gasteiger partial charge >= 0.3 is 21.7 Å². The molecule has 0 N–H and O–H groups in total. The Kier molecular flexibility index (Phi) is 14.3. The summed E-state index contributed by atoms with van der Waals surface area (Å²) >= 11 is 0. The molecule has 0 amide bonds. The summed E-state index contributed by atoms with van der Waals surface area (Å²) < 4.78 is 0. The van der Waals surface area contributed by atoms with Crippen molar-refractivity contribution in [2.45, 2.75) is 45.4 Å². The Morgan fingerprint density at radius 3 is 1.61 bits per heavy atom. The second-order valence-electron chi connectivity index (χ2n) is 6.87. The van der Waals surface area contributed by atoms with E-state index in [9.17, 15) is 0 Å². The first-order valence-electron chi connectivity index (χ1n) is 9.04. The molecule has 0 aliphatic carbocycles. The fourth-order valence-electron chi connectivity index (χ4n) is 4.05. The smallest absolute Gasteiger partial charge is 1.00 e. The maximum Gasteiger partial charge on any atom is 4.00 e. The number of hydrogen-bond acceptors (Lipinski definition) is 0. The molecule has 0 aliphatic heterocycles. The topological polar surface area (TPSA) is 0 Å². The average molecular weight is 470 g/mol. The Hall–Kier alpha value is -0.626. The minimum atomic E-state index is -0.0587. The molecule has 0 heterocycles. The molecule has 0 fully saturated rings. The van der Waals surface area contributed by atoms with Gasteiger partial charge in [0.1, 0.15) is 0 Å². The van der Waals surface area contributed by atoms with Gasteiger partial charge in [-0.15, -0.1) is 5.56 Å². The maximum atomic E-state index is 2.39. The predicted octanol–water partition coefficient (Wildman–Crippen LogP) is -2.44. The molecule has 0 spiro atoms. The van der Waals surface area contributed by atoms with Crippen molar-refractivity contribution < 1.29 is 58.9 Å². The van der Waals surface area contributed by atoms with Gasteiger partial charge in [0, 0.05) is 5.41 Å². The second-order valence-corrected chi connectivity index (χ2v) is 6.87. The van der Waals surface area contributed by atoms with Crippen molar-refractivity contribution in [3.63, 3.8) is 0 Å². The van der Waals surface area contributed by atoms with Gasteiger partial charge in [0.15, 0.2) is 0 Å². The first-order chi connectivity index (χ1) is 11.7. The molecule has 4 heteroatoms. The number of halogens is 3. The number of benzene rings is 2. The number of unbranched alkanes of at least 4 members (excludes halogenated alkanes) is 1. The van der Waals surface area contributed by atoms with Crippen molar-refractivity contribution in [1.29, 1.82) is 0 Å². The number of aryl methyl sites for hydroxylation is 2. The second kappa shape index (κ2) is 13.6. The standard InChI is InChI=1S/C24H27.3ClH.Ti/c1-4-5-16-24(21-12-8-6-9-13-21,22-14-10-7-11-15-22)23-18-19(2)17-20(23)3;;;;/h6-15,17-18H,4-5,16H2,1-3H3;3*1H;/q-1;;;;+4/p-3. The van der Waals surface area contributed by atoms with Crippen molar-refractivity contribution in [2.24, 2.45) is 0 Å². The van der Waals surface area contributed by atoms with Gasteiger partial charge < -0.3 is 37.2 Å². The molecule has 0 aromatic heterocycles. The molecule has 3 aromatic rings. The van der Waals surface area contributed by atoms with Crippen LogP contribution in [-0.2, 0) is 27.1 Å². The summed E-state index contributed by atoms with van der Waals surface area (Å²) in [4.78, 5) is 0. The monoisotopic (exact) mass is 468 g/mol. The van der Waals surface area contributed by atoms with Crippen molar-refractivity contribution >= 4 is 0 Å². The van der Waals surface area contributed by atoms with Crippen LogP contribution in [0, 0.1) is 13.8 Å². The van der Waals surface area contributed by atoms with Gasteiger partial charge in [-0.3, -0.25) is 0 Å². The molecule has 0 aliphatic rings. The Morgan fingerprint density at radius 2 is 1.25 bits per heavy atom. The quantitative estimate of drug-likeness (QED) is 0.278. The molecule has 0 saturated carbocycles. The van der Waals surface area contributed by atoms with Crippen molar-refractivity contribution in [1.82, 2.24) is 0 Å². The molecule has 0 atom stereocenters. The Balaban J connectivity index is 0. The Bertz CT molecular complexity index is 743. The molecule has 28 heavy (non-hydrogen) atoms. The van der Waals surface area contributed by atoms with E-state index in [1.54, 1.807) is 0 Å². The van der Waals surface area contributed by atoms with E-state index in [0.29, 0.717) is 0 Å². The van der Waals surface area contributed by atoms with Crippen LogP contribution in [0.3, 0.4) is 0 Å². The third-order valence-corrected chi connectivity index (χ3v) is 5.14. The molecule has 0 bridgehead atoms. The summed E-state index contributed by atoms with van der Waals surface area (Å²) in [6.07, 6.45) is 3.56. The van der Waals surface area contributed by atoms with Crippen LogP contribution in [0.15, 0.2) is 72.8 Å². The van der Waals surface area contributed by atoms with Crippen LogP contribution in [0.4, 0.5) is 0 Å². The van der Waals surface area contributed by atoms with Crippen LogP contribution in [-0.4, -0.2) is 0 Å². The average Bonchev–Trinajstić information content (AvgIpc) is 2.96. The summed E-state index contributed by atoms with van der Waals surface area (Å²) in [7, 11) is 0. The Labute approximate surface area is 204 Å². The summed E-state index contributed by atoms with van der Waals surface area (Å²) in [5.74, 6) is 0. The van der Waals surface area contributed by atoms with Gasteiger partial charge in [0.25, 0.3) is 0 Å². The van der Waals surface area contributed by atoms with Crippen LogP contribution in [0.5, 0.6) is 0 Å². The summed E-state index contributed by atoms with van der Waals surface area (Å²) in [6.45, 7) is 6.75. The van der Waals surface area contributed by atoms with E-state index < -0.39 is 0 Å². The molecular formula is C24H27Cl3Ti. The van der Waals surface area contributed by atoms with Gasteiger partial charge in [-0.25, -0.2) is 11.6 Å². The molecule has 148 valence electrons.